The molecule has 158 valence electrons. The van der Waals surface area contributed by atoms with Crippen LogP contribution in [0.3, 0.4) is 0 Å². The molecule has 3 atom stereocenters. The summed E-state index contributed by atoms with van der Waals surface area (Å²) in [6, 6.07) is 5.18. The molecule has 0 bridgehead atoms. The highest BCUT2D eigenvalue weighted by molar-refractivity contribution is 7.86. The smallest absolute Gasteiger partial charge is 0.214 e. The van der Waals surface area contributed by atoms with Crippen LogP contribution >= 0.6 is 11.6 Å². The summed E-state index contributed by atoms with van der Waals surface area (Å²) in [5.41, 5.74) is 0.236. The highest BCUT2D eigenvalue weighted by Crippen LogP contribution is 2.37. The quantitative estimate of drug-likeness (QED) is 0.537. The van der Waals surface area contributed by atoms with Crippen LogP contribution in [0.4, 0.5) is 24.7 Å². The molecule has 5 nitrogen and oxygen atoms in total. The first-order chi connectivity index (χ1) is 13.7. The van der Waals surface area contributed by atoms with Crippen molar-refractivity contribution in [3.05, 3.63) is 46.9 Å². The number of halogens is 4. The maximum atomic E-state index is 14.9. The number of nitrogens with one attached hydrogen (secondary N) is 1. The number of benzene rings is 1. The van der Waals surface area contributed by atoms with E-state index in [4.69, 9.17) is 11.6 Å². The first-order valence-corrected chi connectivity index (χ1v) is 10.6. The van der Waals surface area contributed by atoms with Gasteiger partial charge in [0.1, 0.15) is 21.6 Å². The third-order valence-electron chi connectivity index (χ3n) is 5.26. The van der Waals surface area contributed by atoms with Gasteiger partial charge in [0.05, 0.1) is 5.69 Å². The van der Waals surface area contributed by atoms with E-state index in [9.17, 15) is 17.4 Å². The van der Waals surface area contributed by atoms with Crippen molar-refractivity contribution in [3.8, 4) is 0 Å². The molecule has 1 aliphatic rings. The first kappa shape index (κ1) is 21.9. The molecule has 10 heteroatoms. The zero-order valence-electron chi connectivity index (χ0n) is 16.3. The van der Waals surface area contributed by atoms with Gasteiger partial charge in [-0.05, 0) is 45.5 Å². The molecule has 2 heterocycles. The molecule has 1 saturated heterocycles. The van der Waals surface area contributed by atoms with Gasteiger partial charge in [-0.3, -0.25) is 4.72 Å². The van der Waals surface area contributed by atoms with E-state index in [2.05, 4.69) is 21.5 Å². The zero-order valence-corrected chi connectivity index (χ0v) is 17.8. The number of hydrogen-bond donors (Lipinski definition) is 1. The van der Waals surface area contributed by atoms with Gasteiger partial charge in [-0.1, -0.05) is 17.7 Å². The van der Waals surface area contributed by atoms with Crippen LogP contribution in [0.25, 0.3) is 0 Å². The van der Waals surface area contributed by atoms with Crippen LogP contribution in [0.15, 0.2) is 29.2 Å². The maximum absolute atomic E-state index is 14.9. The molecule has 1 aliphatic heterocycles. The molecule has 0 radical (unpaired) electrons. The molecule has 0 aliphatic carbocycles. The van der Waals surface area contributed by atoms with Gasteiger partial charge in [-0.25, -0.2) is 18.0 Å². The van der Waals surface area contributed by atoms with Gasteiger partial charge in [0.2, 0.25) is 5.95 Å². The molecule has 1 aromatic heterocycles. The van der Waals surface area contributed by atoms with Crippen molar-refractivity contribution in [3.63, 3.8) is 0 Å². The monoisotopic (exact) mass is 446 g/mol. The Kier molecular flexibility index (Phi) is 6.70. The SMILES string of the molecule is C[C@H](C1CCN(c2cc(F)c(S(=O)Nc3cccc(F)n3)c(F)c2Cl)C1)N(C)C. The van der Waals surface area contributed by atoms with E-state index in [1.807, 2.05) is 19.0 Å². The van der Waals surface area contributed by atoms with E-state index in [1.165, 1.54) is 12.1 Å². The van der Waals surface area contributed by atoms with Crippen molar-refractivity contribution < 1.29 is 17.4 Å². The Morgan fingerprint density at radius 2 is 2.07 bits per heavy atom. The number of hydrogen-bond acceptors (Lipinski definition) is 4. The van der Waals surface area contributed by atoms with E-state index in [1.54, 1.807) is 0 Å². The minimum absolute atomic E-state index is 0.109. The minimum Gasteiger partial charge on any atom is -0.370 e. The van der Waals surface area contributed by atoms with Crippen molar-refractivity contribution in [1.82, 2.24) is 9.88 Å². The largest absolute Gasteiger partial charge is 0.370 e. The predicted octanol–water partition coefficient (Wildman–Crippen LogP) is 4.06. The van der Waals surface area contributed by atoms with Crippen LogP contribution in [0.5, 0.6) is 0 Å². The van der Waals surface area contributed by atoms with Gasteiger partial charge in [0.25, 0.3) is 0 Å². The van der Waals surface area contributed by atoms with Crippen LogP contribution in [0, 0.1) is 23.5 Å². The molecule has 2 aromatic rings. The Morgan fingerprint density at radius 3 is 2.72 bits per heavy atom. The third kappa shape index (κ3) is 4.67. The highest BCUT2D eigenvalue weighted by atomic mass is 35.5. The van der Waals surface area contributed by atoms with Gasteiger partial charge in [0.15, 0.2) is 16.8 Å². The Labute approximate surface area is 175 Å². The molecule has 1 fully saturated rings. The number of anilines is 2. The van der Waals surface area contributed by atoms with Crippen molar-refractivity contribution >= 4 is 34.1 Å². The Balaban J connectivity index is 1.84. The van der Waals surface area contributed by atoms with Crippen molar-refractivity contribution in [2.24, 2.45) is 5.92 Å². The van der Waals surface area contributed by atoms with Crippen LogP contribution in [0.2, 0.25) is 5.02 Å². The van der Waals surface area contributed by atoms with Gasteiger partial charge >= 0.3 is 0 Å². The summed E-state index contributed by atoms with van der Waals surface area (Å²) in [4.78, 5) is 6.71. The summed E-state index contributed by atoms with van der Waals surface area (Å²) in [7, 11) is 1.64. The third-order valence-corrected chi connectivity index (χ3v) is 6.76. The van der Waals surface area contributed by atoms with E-state index in [-0.39, 0.29) is 16.5 Å². The van der Waals surface area contributed by atoms with E-state index in [0.29, 0.717) is 25.0 Å². The summed E-state index contributed by atoms with van der Waals surface area (Å²) < 4.78 is 57.5. The average molecular weight is 447 g/mol. The standard InChI is InChI=1S/C19H22ClF3N4OS/c1-11(26(2)3)12-7-8-27(10-12)14-9-13(21)19(18(23)17(14)20)29(28)25-16-6-4-5-15(22)24-16/h4-6,9,11-12H,7-8,10H2,1-3H3,(H,24,25)/t11-,12?,29?/m1/s1. The Morgan fingerprint density at radius 1 is 1.34 bits per heavy atom. The molecule has 1 aromatic carbocycles. The minimum atomic E-state index is -2.35. The van der Waals surface area contributed by atoms with Gasteiger partial charge in [0, 0.05) is 25.2 Å². The second-order valence-electron chi connectivity index (χ2n) is 7.25. The summed E-state index contributed by atoms with van der Waals surface area (Å²) in [6.07, 6.45) is 0.874. The highest BCUT2D eigenvalue weighted by Gasteiger charge is 2.32. The average Bonchev–Trinajstić information content (AvgIpc) is 3.13. The molecule has 1 N–H and O–H groups in total. The van der Waals surface area contributed by atoms with E-state index >= 15 is 0 Å². The Bertz CT molecular complexity index is 931. The summed E-state index contributed by atoms with van der Waals surface area (Å²) >= 11 is 6.18. The second-order valence-corrected chi connectivity index (χ2v) is 8.78. The normalized spacial score (nSPS) is 18.9. The van der Waals surface area contributed by atoms with Gasteiger partial charge in [-0.15, -0.1) is 0 Å². The Hall–Kier alpha value is -1.84. The fraction of sp³-hybridized carbons (Fsp3) is 0.421. The molecular weight excluding hydrogens is 425 g/mol. The van der Waals surface area contributed by atoms with Gasteiger partial charge in [-0.2, -0.15) is 4.39 Å². The molecular formula is C19H22ClF3N4OS. The summed E-state index contributed by atoms with van der Waals surface area (Å²) in [5.74, 6) is -2.68. The molecule has 0 spiro atoms. The maximum Gasteiger partial charge on any atom is 0.214 e. The zero-order chi connectivity index (χ0) is 21.3. The predicted molar refractivity (Wildman–Crippen MR) is 109 cm³/mol. The second kappa shape index (κ2) is 8.89. The van der Waals surface area contributed by atoms with Crippen LogP contribution in [-0.4, -0.2) is 47.3 Å². The number of aromatic nitrogens is 1. The number of nitrogens with zero attached hydrogens (tertiary/aromatic N) is 3. The first-order valence-electron chi connectivity index (χ1n) is 9.09. The molecule has 0 amide bonds. The topological polar surface area (TPSA) is 48.5 Å². The van der Waals surface area contributed by atoms with Crippen molar-refractivity contribution in [2.75, 3.05) is 36.8 Å². The van der Waals surface area contributed by atoms with E-state index < -0.39 is 33.5 Å². The van der Waals surface area contributed by atoms with Crippen LogP contribution < -0.4 is 9.62 Å². The lowest BCUT2D eigenvalue weighted by atomic mass is 10.00. The lowest BCUT2D eigenvalue weighted by Crippen LogP contribution is -2.34. The lowest BCUT2D eigenvalue weighted by Gasteiger charge is -2.27. The van der Waals surface area contributed by atoms with Gasteiger partial charge < -0.3 is 9.80 Å². The molecule has 29 heavy (non-hydrogen) atoms. The van der Waals surface area contributed by atoms with Crippen molar-refractivity contribution in [2.45, 2.75) is 24.3 Å². The molecule has 3 rings (SSSR count). The fourth-order valence-corrected chi connectivity index (χ4v) is 4.63. The van der Waals surface area contributed by atoms with Crippen LogP contribution in [0.1, 0.15) is 13.3 Å². The number of pyridine rings is 1. The molecule has 2 unspecified atom stereocenters. The van der Waals surface area contributed by atoms with Crippen LogP contribution in [-0.2, 0) is 11.0 Å². The lowest BCUT2D eigenvalue weighted by molar-refractivity contribution is 0.240. The molecule has 0 saturated carbocycles. The van der Waals surface area contributed by atoms with Crippen molar-refractivity contribution in [1.29, 1.82) is 0 Å². The fourth-order valence-electron chi connectivity index (χ4n) is 3.40. The number of rotatable bonds is 6. The summed E-state index contributed by atoms with van der Waals surface area (Å²) in [6.45, 7) is 3.34. The summed E-state index contributed by atoms with van der Waals surface area (Å²) in [5, 5.41) is -0.290. The van der Waals surface area contributed by atoms with E-state index in [0.717, 1.165) is 18.6 Å².